The molecule has 0 saturated heterocycles. The molecule has 0 saturated carbocycles. The van der Waals surface area contributed by atoms with E-state index < -0.39 is 15.1 Å². The maximum atomic E-state index is 11.6. The van der Waals surface area contributed by atoms with Gasteiger partial charge in [0.05, 0.1) is 11.0 Å². The third-order valence-corrected chi connectivity index (χ3v) is 3.74. The van der Waals surface area contributed by atoms with Crippen molar-refractivity contribution in [3.8, 4) is 11.8 Å². The van der Waals surface area contributed by atoms with Crippen LogP contribution in [0.15, 0.2) is 29.2 Å². The average molecular weight is 211 g/mol. The van der Waals surface area contributed by atoms with Crippen LogP contribution in [0.4, 0.5) is 0 Å². The first-order valence-corrected chi connectivity index (χ1v) is 5.45. The molecule has 0 spiro atoms. The fourth-order valence-corrected chi connectivity index (χ4v) is 2.03. The van der Waals surface area contributed by atoms with Gasteiger partial charge in [-0.25, -0.2) is 8.42 Å². The highest BCUT2D eigenvalue weighted by atomic mass is 32.2. The Labute approximate surface area is 82.3 Å². The van der Waals surface area contributed by atoms with E-state index in [0.29, 0.717) is 0 Å². The molecule has 0 aromatic heterocycles. The lowest BCUT2D eigenvalue weighted by molar-refractivity contribution is 0.473. The van der Waals surface area contributed by atoms with Crippen molar-refractivity contribution >= 4 is 9.84 Å². The summed E-state index contributed by atoms with van der Waals surface area (Å²) in [6.07, 6.45) is 0. The fraction of sp³-hybridized carbons (Fsp3) is 0.222. The van der Waals surface area contributed by atoms with Crippen LogP contribution < -0.4 is 0 Å². The molecule has 74 valence electrons. The van der Waals surface area contributed by atoms with E-state index in [1.54, 1.807) is 6.07 Å². The van der Waals surface area contributed by atoms with Crippen molar-refractivity contribution in [1.29, 1.82) is 5.26 Å². The fourth-order valence-electron chi connectivity index (χ4n) is 0.934. The first kappa shape index (κ1) is 10.5. The van der Waals surface area contributed by atoms with Gasteiger partial charge in [0.1, 0.15) is 11.0 Å². The van der Waals surface area contributed by atoms with Crippen molar-refractivity contribution in [3.05, 3.63) is 24.3 Å². The lowest BCUT2D eigenvalue weighted by Crippen LogP contribution is -2.15. The molecular weight excluding hydrogens is 202 g/mol. The van der Waals surface area contributed by atoms with Gasteiger partial charge in [0.25, 0.3) is 0 Å². The minimum Gasteiger partial charge on any atom is -0.508 e. The molecule has 1 atom stereocenters. The molecule has 1 rings (SSSR count). The van der Waals surface area contributed by atoms with E-state index in [1.807, 2.05) is 0 Å². The second kappa shape index (κ2) is 3.68. The van der Waals surface area contributed by atoms with Gasteiger partial charge in [-0.1, -0.05) is 6.07 Å². The van der Waals surface area contributed by atoms with Crippen LogP contribution in [-0.4, -0.2) is 18.8 Å². The predicted octanol–water partition coefficient (Wildman–Crippen LogP) is 1.08. The van der Waals surface area contributed by atoms with Gasteiger partial charge < -0.3 is 5.11 Å². The normalized spacial score (nSPS) is 13.1. The Bertz CT molecular complexity index is 473. The molecule has 0 aliphatic heterocycles. The highest BCUT2D eigenvalue weighted by molar-refractivity contribution is 7.92. The van der Waals surface area contributed by atoms with Gasteiger partial charge in [0, 0.05) is 0 Å². The molecule has 0 heterocycles. The van der Waals surface area contributed by atoms with Gasteiger partial charge in [-0.3, -0.25) is 0 Å². The van der Waals surface area contributed by atoms with E-state index >= 15 is 0 Å². The minimum atomic E-state index is -3.63. The molecule has 0 fully saturated rings. The number of rotatable bonds is 2. The van der Waals surface area contributed by atoms with E-state index in [0.717, 1.165) is 6.07 Å². The van der Waals surface area contributed by atoms with Crippen molar-refractivity contribution in [2.45, 2.75) is 17.1 Å². The minimum absolute atomic E-state index is 0.0356. The SMILES string of the molecule is CC(C#N)S(=O)(=O)c1cccc(O)c1. The van der Waals surface area contributed by atoms with Crippen molar-refractivity contribution < 1.29 is 13.5 Å². The van der Waals surface area contributed by atoms with E-state index in [-0.39, 0.29) is 10.6 Å². The number of benzene rings is 1. The molecule has 5 heteroatoms. The molecular formula is C9H9NO3S. The van der Waals surface area contributed by atoms with Gasteiger partial charge in [0.2, 0.25) is 0 Å². The largest absolute Gasteiger partial charge is 0.508 e. The number of hydrogen-bond donors (Lipinski definition) is 1. The van der Waals surface area contributed by atoms with Gasteiger partial charge in [-0.15, -0.1) is 0 Å². The zero-order valence-electron chi connectivity index (χ0n) is 7.51. The Hall–Kier alpha value is -1.54. The molecule has 1 N–H and O–H groups in total. The van der Waals surface area contributed by atoms with Crippen LogP contribution in [-0.2, 0) is 9.84 Å². The van der Waals surface area contributed by atoms with E-state index in [4.69, 9.17) is 10.4 Å². The molecule has 1 unspecified atom stereocenters. The van der Waals surface area contributed by atoms with Gasteiger partial charge in [0.15, 0.2) is 9.84 Å². The van der Waals surface area contributed by atoms with Gasteiger partial charge in [-0.2, -0.15) is 5.26 Å². The topological polar surface area (TPSA) is 78.2 Å². The Kier molecular flexibility index (Phi) is 2.77. The Morgan fingerprint density at radius 2 is 2.14 bits per heavy atom. The molecule has 0 radical (unpaired) electrons. The van der Waals surface area contributed by atoms with Crippen LogP contribution in [0, 0.1) is 11.3 Å². The molecule has 0 amide bonds. The van der Waals surface area contributed by atoms with Crippen molar-refractivity contribution in [1.82, 2.24) is 0 Å². The average Bonchev–Trinajstić information content (AvgIpc) is 2.16. The number of phenols is 1. The van der Waals surface area contributed by atoms with Crippen molar-refractivity contribution in [2.75, 3.05) is 0 Å². The standard InChI is InChI=1S/C9H9NO3S/c1-7(6-10)14(12,13)9-4-2-3-8(11)5-9/h2-5,7,11H,1H3. The zero-order chi connectivity index (χ0) is 10.8. The summed E-state index contributed by atoms with van der Waals surface area (Å²) in [6, 6.07) is 6.93. The maximum absolute atomic E-state index is 11.6. The number of hydrogen-bond acceptors (Lipinski definition) is 4. The van der Waals surface area contributed by atoms with Gasteiger partial charge >= 0.3 is 0 Å². The highest BCUT2D eigenvalue weighted by Crippen LogP contribution is 2.19. The molecule has 14 heavy (non-hydrogen) atoms. The summed E-state index contributed by atoms with van der Waals surface area (Å²) >= 11 is 0. The van der Waals surface area contributed by atoms with Crippen LogP contribution in [0.5, 0.6) is 5.75 Å². The lowest BCUT2D eigenvalue weighted by atomic mass is 10.3. The summed E-state index contributed by atoms with van der Waals surface area (Å²) in [6.45, 7) is 1.30. The summed E-state index contributed by atoms with van der Waals surface area (Å²) in [5.41, 5.74) is 0. The first-order valence-electron chi connectivity index (χ1n) is 3.91. The Morgan fingerprint density at radius 1 is 1.50 bits per heavy atom. The summed E-state index contributed by atoms with van der Waals surface area (Å²) < 4.78 is 23.2. The monoisotopic (exact) mass is 211 g/mol. The quantitative estimate of drug-likeness (QED) is 0.793. The molecule has 1 aromatic carbocycles. The van der Waals surface area contributed by atoms with Crippen LogP contribution in [0.3, 0.4) is 0 Å². The highest BCUT2D eigenvalue weighted by Gasteiger charge is 2.22. The van der Waals surface area contributed by atoms with E-state index in [1.165, 1.54) is 25.1 Å². The van der Waals surface area contributed by atoms with E-state index in [9.17, 15) is 8.42 Å². The molecule has 4 nitrogen and oxygen atoms in total. The third kappa shape index (κ3) is 1.86. The third-order valence-electron chi connectivity index (χ3n) is 1.79. The number of sulfone groups is 1. The zero-order valence-corrected chi connectivity index (χ0v) is 8.32. The van der Waals surface area contributed by atoms with E-state index in [2.05, 4.69) is 0 Å². The number of aromatic hydroxyl groups is 1. The molecule has 0 bridgehead atoms. The molecule has 0 aliphatic carbocycles. The van der Waals surface area contributed by atoms with Crippen LogP contribution in [0.2, 0.25) is 0 Å². The summed E-state index contributed by atoms with van der Waals surface area (Å²) in [5, 5.41) is 16.5. The first-order chi connectivity index (χ1) is 6.48. The van der Waals surface area contributed by atoms with Crippen LogP contribution >= 0.6 is 0 Å². The molecule has 0 aliphatic rings. The maximum Gasteiger partial charge on any atom is 0.194 e. The lowest BCUT2D eigenvalue weighted by Gasteiger charge is -2.05. The predicted molar refractivity (Wildman–Crippen MR) is 50.4 cm³/mol. The summed E-state index contributed by atoms with van der Waals surface area (Å²) in [7, 11) is -3.63. The Morgan fingerprint density at radius 3 is 2.64 bits per heavy atom. The second-order valence-corrected chi connectivity index (χ2v) is 5.08. The van der Waals surface area contributed by atoms with Crippen molar-refractivity contribution in [3.63, 3.8) is 0 Å². The van der Waals surface area contributed by atoms with Crippen molar-refractivity contribution in [2.24, 2.45) is 0 Å². The van der Waals surface area contributed by atoms with Crippen LogP contribution in [0.25, 0.3) is 0 Å². The smallest absolute Gasteiger partial charge is 0.194 e. The van der Waals surface area contributed by atoms with Crippen LogP contribution in [0.1, 0.15) is 6.92 Å². The molecule has 1 aromatic rings. The number of nitrogens with zero attached hydrogens (tertiary/aromatic N) is 1. The second-order valence-electron chi connectivity index (χ2n) is 2.81. The number of nitriles is 1. The van der Waals surface area contributed by atoms with Gasteiger partial charge in [-0.05, 0) is 25.1 Å². The number of phenolic OH excluding ortho intramolecular Hbond substituents is 1. The summed E-state index contributed by atoms with van der Waals surface area (Å²) in [5.74, 6) is -0.129. The summed E-state index contributed by atoms with van der Waals surface area (Å²) in [4.78, 5) is -0.0356. The Balaban J connectivity index is 3.26.